The van der Waals surface area contributed by atoms with Crippen LogP contribution in [0.3, 0.4) is 0 Å². The molecule has 0 aliphatic rings. The van der Waals surface area contributed by atoms with Gasteiger partial charge in [0, 0.05) is 12.8 Å². The van der Waals surface area contributed by atoms with E-state index in [-0.39, 0.29) is 32.0 Å². The topological polar surface area (TPSA) is 111 Å². The summed E-state index contributed by atoms with van der Waals surface area (Å²) in [5.41, 5.74) is 0. The van der Waals surface area contributed by atoms with E-state index in [4.69, 9.17) is 18.5 Å². The van der Waals surface area contributed by atoms with Gasteiger partial charge in [-0.25, -0.2) is 0 Å². The average Bonchev–Trinajstić information content (AvgIpc) is 2.74. The molecule has 0 amide bonds. The Morgan fingerprint density at radius 2 is 0.594 bits per heavy atom. The molecule has 560 valence electrons. The Morgan fingerprint density at radius 1 is 0.333 bits per heavy atom. The quantitative estimate of drug-likeness (QED) is 0.0195. The fourth-order valence-electron chi connectivity index (χ4n) is 12.1. The van der Waals surface area contributed by atoms with Crippen molar-refractivity contribution in [3.8, 4) is 0 Å². The number of carbonyl (C=O) groups is 2. The third kappa shape index (κ3) is 80.2. The summed E-state index contributed by atoms with van der Waals surface area (Å²) < 4.78 is 34.4. The molecule has 0 aliphatic heterocycles. The summed E-state index contributed by atoms with van der Waals surface area (Å²) >= 11 is 0. The summed E-state index contributed by atoms with van der Waals surface area (Å²) in [5, 5.41) is 0. The lowest BCUT2D eigenvalue weighted by molar-refractivity contribution is -0.870. The zero-order valence-corrected chi connectivity index (χ0v) is 65.0. The lowest BCUT2D eigenvalue weighted by Gasteiger charge is -2.28. The number of unbranched alkanes of at least 4 members (excludes halogenated alkanes) is 49. The summed E-state index contributed by atoms with van der Waals surface area (Å²) in [6.07, 6.45) is 106. The minimum absolute atomic E-state index is 0.0298. The van der Waals surface area contributed by atoms with Crippen molar-refractivity contribution < 1.29 is 42.1 Å². The van der Waals surface area contributed by atoms with E-state index in [1.807, 2.05) is 21.1 Å². The van der Waals surface area contributed by atoms with Crippen molar-refractivity contribution in [2.24, 2.45) is 0 Å². The molecule has 0 aromatic heterocycles. The average molecular weight is 1370 g/mol. The number of phosphoric acid groups is 1. The van der Waals surface area contributed by atoms with E-state index in [1.54, 1.807) is 0 Å². The van der Waals surface area contributed by atoms with Crippen LogP contribution in [-0.4, -0.2) is 70.0 Å². The van der Waals surface area contributed by atoms with Crippen molar-refractivity contribution in [1.82, 2.24) is 0 Å². The van der Waals surface area contributed by atoms with Gasteiger partial charge in [-0.05, 0) is 89.9 Å². The second-order valence-corrected chi connectivity index (χ2v) is 30.5. The number of hydrogen-bond donors (Lipinski definition) is 0. The molecular weight excluding hydrogens is 1210 g/mol. The number of likely N-dealkylation sites (N-methyl/N-ethyl adjacent to an activating group) is 1. The van der Waals surface area contributed by atoms with Gasteiger partial charge in [-0.15, -0.1) is 0 Å². The highest BCUT2D eigenvalue weighted by molar-refractivity contribution is 7.45. The normalized spacial score (nSPS) is 13.4. The molecule has 9 nitrogen and oxygen atoms in total. The zero-order chi connectivity index (χ0) is 69.7. The lowest BCUT2D eigenvalue weighted by atomic mass is 10.0. The van der Waals surface area contributed by atoms with Crippen LogP contribution in [0.25, 0.3) is 0 Å². The second kappa shape index (κ2) is 76.4. The molecule has 0 spiro atoms. The maximum atomic E-state index is 12.9. The number of carbonyl (C=O) groups excluding carboxylic acids is 2. The maximum absolute atomic E-state index is 12.9. The van der Waals surface area contributed by atoms with Gasteiger partial charge in [-0.3, -0.25) is 14.2 Å². The Morgan fingerprint density at radius 3 is 0.885 bits per heavy atom. The molecule has 2 unspecified atom stereocenters. The van der Waals surface area contributed by atoms with Crippen molar-refractivity contribution in [1.29, 1.82) is 0 Å². The van der Waals surface area contributed by atoms with Crippen LogP contribution in [0, 0.1) is 0 Å². The molecule has 0 N–H and O–H groups in total. The molecule has 0 aliphatic carbocycles. The number of ether oxygens (including phenoxy) is 2. The molecule has 0 heterocycles. The summed E-state index contributed by atoms with van der Waals surface area (Å²) in [5.74, 6) is -0.813. The highest BCUT2D eigenvalue weighted by atomic mass is 31.2. The van der Waals surface area contributed by atoms with Crippen LogP contribution in [0.4, 0.5) is 0 Å². The zero-order valence-electron chi connectivity index (χ0n) is 64.1. The van der Waals surface area contributed by atoms with Gasteiger partial charge >= 0.3 is 11.9 Å². The Hall–Kier alpha value is -2.81. The number of allylic oxidation sites excluding steroid dienone is 14. The predicted molar refractivity (Wildman–Crippen MR) is 416 cm³/mol. The summed E-state index contributed by atoms with van der Waals surface area (Å²) in [6, 6.07) is 0. The maximum Gasteiger partial charge on any atom is 0.306 e. The molecule has 0 aromatic rings. The third-order valence-electron chi connectivity index (χ3n) is 18.4. The van der Waals surface area contributed by atoms with Crippen LogP contribution in [0.5, 0.6) is 0 Å². The first-order chi connectivity index (χ1) is 47.0. The van der Waals surface area contributed by atoms with Crippen molar-refractivity contribution in [3.05, 3.63) is 85.1 Å². The van der Waals surface area contributed by atoms with E-state index < -0.39 is 26.5 Å². The minimum atomic E-state index is -4.65. The highest BCUT2D eigenvalue weighted by Gasteiger charge is 2.22. The Labute approximate surface area is 596 Å². The number of rotatable bonds is 77. The summed E-state index contributed by atoms with van der Waals surface area (Å²) in [4.78, 5) is 38.2. The first-order valence-corrected chi connectivity index (χ1v) is 42.8. The van der Waals surface area contributed by atoms with Gasteiger partial charge < -0.3 is 27.9 Å². The van der Waals surface area contributed by atoms with Crippen molar-refractivity contribution in [3.63, 3.8) is 0 Å². The predicted octanol–water partition coefficient (Wildman–Crippen LogP) is 27.0. The van der Waals surface area contributed by atoms with Crippen LogP contribution in [-0.2, 0) is 32.7 Å². The number of nitrogens with zero attached hydrogens (tertiary/aromatic N) is 1. The molecule has 0 rings (SSSR count). The van der Waals surface area contributed by atoms with Gasteiger partial charge in [0.25, 0.3) is 7.82 Å². The molecule has 0 fully saturated rings. The monoisotopic (exact) mass is 1360 g/mol. The summed E-state index contributed by atoms with van der Waals surface area (Å²) in [6.45, 7) is 4.18. The second-order valence-electron chi connectivity index (χ2n) is 29.1. The van der Waals surface area contributed by atoms with Crippen LogP contribution in [0.2, 0.25) is 0 Å². The molecule has 96 heavy (non-hydrogen) atoms. The molecule has 0 bridgehead atoms. The molecule has 0 saturated carbocycles. The Balaban J connectivity index is 3.91. The fraction of sp³-hybridized carbons (Fsp3) is 0.814. The molecule has 0 aromatic carbocycles. The molecular formula is C86H158NO8P. The SMILES string of the molecule is CC/C=C\C/C=C\C/C=C\C/C=C\C/C=C\CCCCCCCCCCCCCCCCCCCCCC(=O)OC(COC(=O)CCCCCCCCCCCCCCCCCCCCCCCCCCC/C=C\C/C=C\CCCCCCC)COP(=O)([O-])OCC[N+](C)(C)C. The van der Waals surface area contributed by atoms with Crippen LogP contribution in [0.15, 0.2) is 85.1 Å². The number of esters is 2. The summed E-state index contributed by atoms with van der Waals surface area (Å²) in [7, 11) is 1.18. The first-order valence-electron chi connectivity index (χ1n) is 41.3. The van der Waals surface area contributed by atoms with Crippen molar-refractivity contribution >= 4 is 19.8 Å². The number of quaternary nitrogens is 1. The van der Waals surface area contributed by atoms with Crippen LogP contribution >= 0.6 is 7.82 Å². The molecule has 10 heteroatoms. The first kappa shape index (κ1) is 93.2. The molecule has 2 atom stereocenters. The van der Waals surface area contributed by atoms with Gasteiger partial charge in [0.15, 0.2) is 6.10 Å². The Kier molecular flexibility index (Phi) is 74.1. The van der Waals surface area contributed by atoms with Gasteiger partial charge in [0.2, 0.25) is 0 Å². The van der Waals surface area contributed by atoms with Crippen molar-refractivity contribution in [2.45, 2.75) is 405 Å². The van der Waals surface area contributed by atoms with E-state index in [9.17, 15) is 19.0 Å². The van der Waals surface area contributed by atoms with E-state index in [0.717, 1.165) is 77.0 Å². The van der Waals surface area contributed by atoms with E-state index in [2.05, 4.69) is 98.9 Å². The van der Waals surface area contributed by atoms with Crippen LogP contribution < -0.4 is 4.89 Å². The van der Waals surface area contributed by atoms with Gasteiger partial charge in [-0.1, -0.05) is 381 Å². The van der Waals surface area contributed by atoms with Gasteiger partial charge in [0.05, 0.1) is 27.7 Å². The van der Waals surface area contributed by atoms with Gasteiger partial charge in [-0.2, -0.15) is 0 Å². The fourth-order valence-corrected chi connectivity index (χ4v) is 12.9. The van der Waals surface area contributed by atoms with E-state index in [0.29, 0.717) is 17.4 Å². The minimum Gasteiger partial charge on any atom is -0.756 e. The highest BCUT2D eigenvalue weighted by Crippen LogP contribution is 2.38. The Bertz CT molecular complexity index is 1900. The smallest absolute Gasteiger partial charge is 0.306 e. The van der Waals surface area contributed by atoms with Crippen molar-refractivity contribution in [2.75, 3.05) is 47.5 Å². The van der Waals surface area contributed by atoms with Crippen LogP contribution in [0.1, 0.15) is 399 Å². The number of phosphoric ester groups is 1. The molecule has 0 radical (unpaired) electrons. The lowest BCUT2D eigenvalue weighted by Crippen LogP contribution is -2.37. The van der Waals surface area contributed by atoms with Gasteiger partial charge in [0.1, 0.15) is 19.8 Å². The van der Waals surface area contributed by atoms with E-state index in [1.165, 1.54) is 289 Å². The van der Waals surface area contributed by atoms with E-state index >= 15 is 0 Å². The molecule has 0 saturated heterocycles. The number of hydrogen-bond acceptors (Lipinski definition) is 8. The largest absolute Gasteiger partial charge is 0.756 e. The third-order valence-corrected chi connectivity index (χ3v) is 19.4. The standard InChI is InChI=1S/C86H158NO8P/c1-6-8-10-12-14-16-18-20-22-24-26-28-30-32-34-36-38-40-42-43-45-46-48-50-52-54-56-58-60-62-64-66-68-70-72-74-76-78-85(88)92-82-84(83-94-96(90,91)93-81-80-87(3,4)5)95-86(89)79-77-75-73-71-69-67-65-63-61-59-57-55-53-51-49-47-44-41-39-37-35-33-31-29-27-25-23-21-19-17-15-13-11-9-7-2/h9,11,15,17-18,20-21,23-24,26-27,29,33,35,84H,6-8,10,12-14,16,19,22,25,28,30-32,34,36-83H2,1-5H3/b11-9-,17-15-,20-18-,23-21-,26-24-,29-27-,35-33-.